The number of hydrogen-bond acceptors (Lipinski definition) is 15. The fraction of sp³-hybridized carbons (Fsp3) is 0.558. The minimum atomic E-state index is -1.07. The Hall–Kier alpha value is -6.39. The molecule has 4 aliphatic heterocycles. The molecule has 4 aromatic rings. The number of benzene rings is 2. The molecule has 2 saturated heterocycles. The molecule has 0 radical (unpaired) electrons. The summed E-state index contributed by atoms with van der Waals surface area (Å²) in [4.78, 5) is 77.6. The van der Waals surface area contributed by atoms with Gasteiger partial charge in [-0.1, -0.05) is 0 Å². The van der Waals surface area contributed by atoms with Crippen molar-refractivity contribution in [1.29, 1.82) is 0 Å². The van der Waals surface area contributed by atoms with Gasteiger partial charge in [-0.3, -0.25) is 14.6 Å². The van der Waals surface area contributed by atoms with Crippen LogP contribution in [0, 0.1) is 0 Å². The summed E-state index contributed by atoms with van der Waals surface area (Å²) in [5.74, 6) is 2.13. The Morgan fingerprint density at radius 2 is 1.12 bits per heavy atom. The van der Waals surface area contributed by atoms with Crippen molar-refractivity contribution in [2.24, 2.45) is 0 Å². The number of pyridine rings is 2. The van der Waals surface area contributed by atoms with Crippen LogP contribution in [0.4, 0.5) is 9.59 Å². The monoisotopic (exact) mass is 950 g/mol. The zero-order valence-corrected chi connectivity index (χ0v) is 41.1. The summed E-state index contributed by atoms with van der Waals surface area (Å²) in [6.07, 6.45) is 4.90. The van der Waals surface area contributed by atoms with E-state index in [1.165, 1.54) is 24.0 Å². The SMILES string of the molecule is COC(=O)[C@@H]1CC2(CC(=O)c3c(c(C4CC4)nc4ccc(OC)cc34)O2)CN1C(=O)OC(C)(C)C.COC(=O)[C@@H]1CC2(CCc3c(c(C4CC4)nc4ccc(OC)cc34)O2)CN1C(=O)OC(C)(C)C. The van der Waals surface area contributed by atoms with Crippen molar-refractivity contribution in [2.45, 2.75) is 146 Å². The molecule has 6 heterocycles. The number of fused-ring (bicyclic) bond motifs is 6. The van der Waals surface area contributed by atoms with Crippen LogP contribution >= 0.6 is 0 Å². The van der Waals surface area contributed by atoms with Crippen LogP contribution in [0.15, 0.2) is 36.4 Å². The molecule has 69 heavy (non-hydrogen) atoms. The number of likely N-dealkylation sites (tertiary alicyclic amines) is 2. The van der Waals surface area contributed by atoms with Crippen LogP contribution in [-0.4, -0.2) is 126 Å². The Morgan fingerprint density at radius 3 is 1.61 bits per heavy atom. The van der Waals surface area contributed by atoms with Gasteiger partial charge in [0.25, 0.3) is 0 Å². The maximum absolute atomic E-state index is 13.7. The molecule has 2 aromatic heterocycles. The number of Topliss-reactive ketones (excluding diaryl/α,β-unsaturated/α-hetero) is 1. The summed E-state index contributed by atoms with van der Waals surface area (Å²) in [7, 11) is 5.84. The van der Waals surface area contributed by atoms with E-state index in [0.717, 1.165) is 71.5 Å². The summed E-state index contributed by atoms with van der Waals surface area (Å²) >= 11 is 0. The number of methoxy groups -OCH3 is 4. The minimum absolute atomic E-state index is 0.0211. The van der Waals surface area contributed by atoms with E-state index in [0.29, 0.717) is 46.7 Å². The third kappa shape index (κ3) is 9.40. The van der Waals surface area contributed by atoms with Crippen molar-refractivity contribution in [3.63, 3.8) is 0 Å². The number of nitrogens with zero attached hydrogens (tertiary/aromatic N) is 4. The third-order valence-electron chi connectivity index (χ3n) is 13.6. The lowest BCUT2D eigenvalue weighted by atomic mass is 9.86. The van der Waals surface area contributed by atoms with E-state index in [-0.39, 0.29) is 37.6 Å². The summed E-state index contributed by atoms with van der Waals surface area (Å²) < 4.78 is 45.4. The summed E-state index contributed by atoms with van der Waals surface area (Å²) in [6, 6.07) is 9.75. The van der Waals surface area contributed by atoms with Crippen LogP contribution in [0.5, 0.6) is 23.0 Å². The van der Waals surface area contributed by atoms with Gasteiger partial charge in [0.2, 0.25) is 0 Å². The molecule has 17 nitrogen and oxygen atoms in total. The molecule has 2 amide bonds. The Labute approximate surface area is 401 Å². The number of amides is 2. The third-order valence-corrected chi connectivity index (χ3v) is 13.6. The molecule has 4 fully saturated rings. The number of ether oxygens (including phenoxy) is 8. The maximum Gasteiger partial charge on any atom is 0.411 e. The molecule has 2 aromatic carbocycles. The van der Waals surface area contributed by atoms with Gasteiger partial charge >= 0.3 is 24.1 Å². The van der Waals surface area contributed by atoms with E-state index in [9.17, 15) is 24.0 Å². The van der Waals surface area contributed by atoms with Gasteiger partial charge in [0, 0.05) is 41.0 Å². The fourth-order valence-electron chi connectivity index (χ4n) is 10.1. The van der Waals surface area contributed by atoms with Crippen LogP contribution in [0.1, 0.15) is 132 Å². The van der Waals surface area contributed by atoms with Gasteiger partial charge in [-0.15, -0.1) is 0 Å². The topological polar surface area (TPSA) is 191 Å². The molecule has 17 heteroatoms. The average molecular weight is 951 g/mol. The van der Waals surface area contributed by atoms with E-state index in [1.807, 2.05) is 51.1 Å². The van der Waals surface area contributed by atoms with Crippen LogP contribution in [-0.2, 0) is 35.0 Å². The van der Waals surface area contributed by atoms with E-state index < -0.39 is 58.6 Å². The largest absolute Gasteiger partial charge is 0.497 e. The van der Waals surface area contributed by atoms with Crippen LogP contribution in [0.25, 0.3) is 21.8 Å². The van der Waals surface area contributed by atoms with Crippen LogP contribution < -0.4 is 18.9 Å². The van der Waals surface area contributed by atoms with Gasteiger partial charge < -0.3 is 37.9 Å². The zero-order valence-electron chi connectivity index (χ0n) is 41.1. The second kappa shape index (κ2) is 17.5. The lowest BCUT2D eigenvalue weighted by Gasteiger charge is -2.37. The van der Waals surface area contributed by atoms with Gasteiger partial charge in [-0.25, -0.2) is 29.1 Å². The maximum atomic E-state index is 13.7. The number of aromatic nitrogens is 2. The van der Waals surface area contributed by atoms with Gasteiger partial charge in [0.1, 0.15) is 51.7 Å². The average Bonchev–Trinajstić information content (AvgIpc) is 4.25. The minimum Gasteiger partial charge on any atom is -0.497 e. The lowest BCUT2D eigenvalue weighted by molar-refractivity contribution is -0.146. The second-order valence-corrected chi connectivity index (χ2v) is 21.2. The van der Waals surface area contributed by atoms with Crippen molar-refractivity contribution < 1.29 is 61.9 Å². The summed E-state index contributed by atoms with van der Waals surface area (Å²) in [5, 5.41) is 1.70. The zero-order chi connectivity index (χ0) is 49.4. The Morgan fingerprint density at radius 1 is 0.652 bits per heavy atom. The van der Waals surface area contributed by atoms with Crippen molar-refractivity contribution in [3.8, 4) is 23.0 Å². The quantitative estimate of drug-likeness (QED) is 0.132. The highest BCUT2D eigenvalue weighted by Gasteiger charge is 2.57. The molecule has 2 unspecified atom stereocenters. The van der Waals surface area contributed by atoms with Gasteiger partial charge in [0.05, 0.1) is 75.9 Å². The van der Waals surface area contributed by atoms with Gasteiger partial charge in [-0.2, -0.15) is 0 Å². The van der Waals surface area contributed by atoms with E-state index >= 15 is 0 Å². The number of rotatable bonds is 6. The Bertz CT molecular complexity index is 2750. The highest BCUT2D eigenvalue weighted by atomic mass is 16.6. The first kappa shape index (κ1) is 47.7. The second-order valence-electron chi connectivity index (χ2n) is 21.2. The number of esters is 2. The van der Waals surface area contributed by atoms with Crippen molar-refractivity contribution in [2.75, 3.05) is 41.5 Å². The molecule has 10 rings (SSSR count). The predicted molar refractivity (Wildman–Crippen MR) is 251 cm³/mol. The molecule has 2 saturated carbocycles. The number of aryl methyl sites for hydroxylation is 1. The smallest absolute Gasteiger partial charge is 0.411 e. The van der Waals surface area contributed by atoms with E-state index in [4.69, 9.17) is 47.9 Å². The number of carbonyl (C=O) groups excluding carboxylic acids is 5. The normalized spacial score (nSPS) is 23.9. The molecule has 6 aliphatic rings. The molecule has 0 N–H and O–H groups in total. The van der Waals surface area contributed by atoms with E-state index in [1.54, 1.807) is 41.1 Å². The number of ketones is 1. The Balaban J connectivity index is 0.000000172. The molecular weight excluding hydrogens is 889 g/mol. The highest BCUT2D eigenvalue weighted by molar-refractivity contribution is 6.11. The predicted octanol–water partition coefficient (Wildman–Crippen LogP) is 8.37. The first-order chi connectivity index (χ1) is 32.7. The van der Waals surface area contributed by atoms with Crippen molar-refractivity contribution >= 4 is 51.7 Å². The van der Waals surface area contributed by atoms with Gasteiger partial charge in [0.15, 0.2) is 11.5 Å². The van der Waals surface area contributed by atoms with E-state index in [2.05, 4.69) is 0 Å². The molecule has 4 atom stereocenters. The standard InChI is InChI=1S/C26H30N2O7.C26H32N2O6/c1-25(2,3)35-24(31)28-13-26(11-18(28)23(30)33-5)12-19(29)20-16-10-15(32-4)8-9-17(16)27-21(14-6-7-14)22(20)34-26;1-25(2,3)34-24(30)28-14-26(13-20(28)23(29)32-5)11-10-17-18-12-16(31-4)8-9-19(18)27-21(15-6-7-15)22(17)33-26/h8-10,14,18H,6-7,11-13H2,1-5H3;8-9,12,15,20H,6-7,10-11,13-14H2,1-5H3/t18-,26?;20-,26?/m00/s1. The summed E-state index contributed by atoms with van der Waals surface area (Å²) in [5.41, 5.74) is 1.84. The molecule has 2 spiro atoms. The van der Waals surface area contributed by atoms with Crippen LogP contribution in [0.3, 0.4) is 0 Å². The Kier molecular flexibility index (Phi) is 12.1. The van der Waals surface area contributed by atoms with Crippen LogP contribution in [0.2, 0.25) is 0 Å². The molecule has 368 valence electrons. The molecular formula is C52H62N4O13. The first-order valence-electron chi connectivity index (χ1n) is 23.8. The molecule has 2 aliphatic carbocycles. The van der Waals surface area contributed by atoms with Crippen molar-refractivity contribution in [3.05, 3.63) is 58.9 Å². The number of carbonyl (C=O) groups is 5. The summed E-state index contributed by atoms with van der Waals surface area (Å²) in [6.45, 7) is 11.0. The molecule has 0 bridgehead atoms. The van der Waals surface area contributed by atoms with Crippen molar-refractivity contribution in [1.82, 2.24) is 19.8 Å². The van der Waals surface area contributed by atoms with Gasteiger partial charge in [-0.05, 0) is 116 Å². The lowest BCUT2D eigenvalue weighted by Crippen LogP contribution is -2.47. The fourth-order valence-corrected chi connectivity index (χ4v) is 10.1. The first-order valence-corrected chi connectivity index (χ1v) is 23.8. The number of hydrogen-bond donors (Lipinski definition) is 0. The highest BCUT2D eigenvalue weighted by Crippen LogP contribution is 2.53.